The third-order valence-electron chi connectivity index (χ3n) is 2.67. The third-order valence-corrected chi connectivity index (χ3v) is 3.26. The van der Waals surface area contributed by atoms with E-state index in [0.717, 1.165) is 15.9 Å². The zero-order valence-corrected chi connectivity index (χ0v) is 11.9. The van der Waals surface area contributed by atoms with Crippen molar-refractivity contribution in [3.63, 3.8) is 0 Å². The molecule has 0 aliphatic rings. The van der Waals surface area contributed by atoms with Crippen molar-refractivity contribution in [1.29, 1.82) is 0 Å². The maximum atomic E-state index is 13.8. The molecule has 0 bridgehead atoms. The summed E-state index contributed by atoms with van der Waals surface area (Å²) in [4.78, 5) is 6.22. The highest BCUT2D eigenvalue weighted by Crippen LogP contribution is 2.31. The quantitative estimate of drug-likeness (QED) is 0.833. The maximum Gasteiger partial charge on any atom is 0.147 e. The Morgan fingerprint density at radius 2 is 2.06 bits per heavy atom. The predicted octanol–water partition coefficient (Wildman–Crippen LogP) is 4.45. The van der Waals surface area contributed by atoms with E-state index in [1.807, 2.05) is 30.9 Å². The minimum atomic E-state index is -0.242. The summed E-state index contributed by atoms with van der Waals surface area (Å²) in [5.74, 6) is 0.488. The number of nitrogens with zero attached hydrogens (tertiary/aromatic N) is 2. The van der Waals surface area contributed by atoms with Crippen molar-refractivity contribution in [1.82, 2.24) is 4.98 Å². The highest BCUT2D eigenvalue weighted by Gasteiger charge is 2.15. The largest absolute Gasteiger partial charge is 0.323 e. The Balaban J connectivity index is 2.49. The fourth-order valence-electron chi connectivity index (χ4n) is 1.83. The lowest BCUT2D eigenvalue weighted by molar-refractivity contribution is 0.625. The predicted molar refractivity (Wildman–Crippen MR) is 75.8 cm³/mol. The number of hydrogen-bond acceptors (Lipinski definition) is 2. The number of hydrogen-bond donors (Lipinski definition) is 0. The van der Waals surface area contributed by atoms with Gasteiger partial charge in [0.2, 0.25) is 0 Å². The van der Waals surface area contributed by atoms with Gasteiger partial charge in [-0.25, -0.2) is 9.37 Å². The van der Waals surface area contributed by atoms with Gasteiger partial charge in [0.05, 0.1) is 10.2 Å². The molecule has 94 valence electrons. The molecule has 0 spiro atoms. The molecular weight excluding hydrogens is 295 g/mol. The van der Waals surface area contributed by atoms with Crippen LogP contribution in [0.4, 0.5) is 15.9 Å². The van der Waals surface area contributed by atoms with E-state index >= 15 is 0 Å². The molecule has 2 rings (SSSR count). The zero-order valence-electron chi connectivity index (χ0n) is 10.3. The summed E-state index contributed by atoms with van der Waals surface area (Å²) in [7, 11) is 0. The van der Waals surface area contributed by atoms with E-state index in [1.54, 1.807) is 18.3 Å². The van der Waals surface area contributed by atoms with Gasteiger partial charge in [-0.2, -0.15) is 0 Å². The number of para-hydroxylation sites is 1. The molecule has 0 saturated carbocycles. The van der Waals surface area contributed by atoms with Gasteiger partial charge in [-0.1, -0.05) is 12.1 Å². The number of anilines is 2. The van der Waals surface area contributed by atoms with E-state index in [2.05, 4.69) is 20.9 Å². The molecule has 2 aromatic rings. The first kappa shape index (κ1) is 13.0. The number of aryl methyl sites for hydroxylation is 1. The second kappa shape index (κ2) is 5.48. The molecule has 0 atom stereocenters. The average Bonchev–Trinajstić information content (AvgIpc) is 2.34. The third kappa shape index (κ3) is 2.53. The van der Waals surface area contributed by atoms with Crippen LogP contribution in [0.5, 0.6) is 0 Å². The molecule has 0 unspecified atom stereocenters. The molecular formula is C14H14BrFN2. The molecule has 0 radical (unpaired) electrons. The van der Waals surface area contributed by atoms with Crippen LogP contribution < -0.4 is 4.90 Å². The molecule has 1 heterocycles. The van der Waals surface area contributed by atoms with Gasteiger partial charge in [-0.05, 0) is 53.5 Å². The Hall–Kier alpha value is -1.42. The standard InChI is InChI=1S/C14H14BrFN2/c1-3-18(13-7-5-4-6-12(13)16)14-11(15)8-10(2)9-17-14/h4-9H,3H2,1-2H3. The average molecular weight is 309 g/mol. The summed E-state index contributed by atoms with van der Waals surface area (Å²) >= 11 is 3.48. The molecule has 0 saturated heterocycles. The number of rotatable bonds is 3. The lowest BCUT2D eigenvalue weighted by Gasteiger charge is -2.23. The van der Waals surface area contributed by atoms with E-state index in [1.165, 1.54) is 6.07 Å². The van der Waals surface area contributed by atoms with Crippen molar-refractivity contribution in [2.45, 2.75) is 13.8 Å². The Kier molecular flexibility index (Phi) is 3.97. The van der Waals surface area contributed by atoms with Gasteiger partial charge < -0.3 is 4.90 Å². The molecule has 0 aliphatic carbocycles. The fraction of sp³-hybridized carbons (Fsp3) is 0.214. The summed E-state index contributed by atoms with van der Waals surface area (Å²) in [6, 6.07) is 8.70. The van der Waals surface area contributed by atoms with Crippen LogP contribution in [0.25, 0.3) is 0 Å². The number of pyridine rings is 1. The minimum Gasteiger partial charge on any atom is -0.323 e. The summed E-state index contributed by atoms with van der Waals surface area (Å²) in [5, 5.41) is 0. The van der Waals surface area contributed by atoms with Crippen molar-refractivity contribution in [2.24, 2.45) is 0 Å². The molecule has 1 aromatic carbocycles. The van der Waals surface area contributed by atoms with E-state index in [9.17, 15) is 4.39 Å². The van der Waals surface area contributed by atoms with Crippen molar-refractivity contribution in [3.05, 3.63) is 52.4 Å². The van der Waals surface area contributed by atoms with E-state index in [4.69, 9.17) is 0 Å². The molecule has 1 aromatic heterocycles. The Morgan fingerprint density at radius 3 is 2.67 bits per heavy atom. The van der Waals surface area contributed by atoms with Crippen molar-refractivity contribution in [3.8, 4) is 0 Å². The van der Waals surface area contributed by atoms with Crippen LogP contribution in [0.15, 0.2) is 41.0 Å². The van der Waals surface area contributed by atoms with E-state index in [0.29, 0.717) is 12.2 Å². The van der Waals surface area contributed by atoms with Gasteiger partial charge in [0, 0.05) is 12.7 Å². The molecule has 2 nitrogen and oxygen atoms in total. The van der Waals surface area contributed by atoms with Crippen LogP contribution in [0.3, 0.4) is 0 Å². The summed E-state index contributed by atoms with van der Waals surface area (Å²) in [5.41, 5.74) is 1.60. The van der Waals surface area contributed by atoms with Crippen LogP contribution in [-0.4, -0.2) is 11.5 Å². The summed E-state index contributed by atoms with van der Waals surface area (Å²) in [6.45, 7) is 4.59. The lowest BCUT2D eigenvalue weighted by atomic mass is 10.2. The van der Waals surface area contributed by atoms with Gasteiger partial charge in [-0.15, -0.1) is 0 Å². The zero-order chi connectivity index (χ0) is 13.1. The Labute approximate surface area is 115 Å². The van der Waals surface area contributed by atoms with Crippen LogP contribution in [-0.2, 0) is 0 Å². The maximum absolute atomic E-state index is 13.8. The first-order chi connectivity index (χ1) is 8.63. The van der Waals surface area contributed by atoms with Crippen molar-refractivity contribution >= 4 is 27.4 Å². The number of benzene rings is 1. The van der Waals surface area contributed by atoms with Gasteiger partial charge in [0.15, 0.2) is 0 Å². The van der Waals surface area contributed by atoms with Crippen LogP contribution in [0.2, 0.25) is 0 Å². The number of aromatic nitrogens is 1. The molecule has 0 fully saturated rings. The highest BCUT2D eigenvalue weighted by atomic mass is 79.9. The SMILES string of the molecule is CCN(c1ccccc1F)c1ncc(C)cc1Br. The Bertz CT molecular complexity index is 557. The second-order valence-corrected chi connectivity index (χ2v) is 4.87. The van der Waals surface area contributed by atoms with Gasteiger partial charge in [0.1, 0.15) is 11.6 Å². The second-order valence-electron chi connectivity index (χ2n) is 4.01. The molecule has 0 amide bonds. The molecule has 4 heteroatoms. The lowest BCUT2D eigenvalue weighted by Crippen LogP contribution is -2.19. The molecule has 0 N–H and O–H groups in total. The summed E-state index contributed by atoms with van der Waals surface area (Å²) < 4.78 is 14.7. The fourth-order valence-corrected chi connectivity index (χ4v) is 2.51. The topological polar surface area (TPSA) is 16.1 Å². The Morgan fingerprint density at radius 1 is 1.33 bits per heavy atom. The van der Waals surface area contributed by atoms with Crippen LogP contribution in [0, 0.1) is 12.7 Å². The van der Waals surface area contributed by atoms with Crippen molar-refractivity contribution in [2.75, 3.05) is 11.4 Å². The van der Waals surface area contributed by atoms with Crippen LogP contribution >= 0.6 is 15.9 Å². The van der Waals surface area contributed by atoms with Crippen molar-refractivity contribution < 1.29 is 4.39 Å². The van der Waals surface area contributed by atoms with Gasteiger partial charge in [-0.3, -0.25) is 0 Å². The summed E-state index contributed by atoms with van der Waals surface area (Å²) in [6.07, 6.45) is 1.78. The smallest absolute Gasteiger partial charge is 0.147 e. The molecule has 0 aliphatic heterocycles. The van der Waals surface area contributed by atoms with E-state index < -0.39 is 0 Å². The first-order valence-electron chi connectivity index (χ1n) is 5.77. The highest BCUT2D eigenvalue weighted by molar-refractivity contribution is 9.10. The van der Waals surface area contributed by atoms with Gasteiger partial charge >= 0.3 is 0 Å². The van der Waals surface area contributed by atoms with Crippen LogP contribution in [0.1, 0.15) is 12.5 Å². The first-order valence-corrected chi connectivity index (χ1v) is 6.57. The van der Waals surface area contributed by atoms with E-state index in [-0.39, 0.29) is 5.82 Å². The number of halogens is 2. The monoisotopic (exact) mass is 308 g/mol. The normalized spacial score (nSPS) is 10.4. The van der Waals surface area contributed by atoms with Gasteiger partial charge in [0.25, 0.3) is 0 Å². The minimum absolute atomic E-state index is 0.242. The molecule has 18 heavy (non-hydrogen) atoms.